The molecule has 5 aromatic rings. The molecule has 2 heterocycles. The van der Waals surface area contributed by atoms with Crippen molar-refractivity contribution in [3.63, 3.8) is 0 Å². The molecule has 0 amide bonds. The van der Waals surface area contributed by atoms with E-state index in [2.05, 4.69) is 140 Å². The van der Waals surface area contributed by atoms with Crippen LogP contribution in [-0.2, 0) is 16.2 Å². The fraction of sp³-hybridized carbons (Fsp3) is 0.444. The molecule has 0 spiro atoms. The lowest BCUT2D eigenvalue weighted by molar-refractivity contribution is -0.00526. The molecule has 2 nitrogen and oxygen atoms in total. The van der Waals surface area contributed by atoms with Crippen molar-refractivity contribution in [2.45, 2.75) is 114 Å². The summed E-state index contributed by atoms with van der Waals surface area (Å²) in [6.07, 6.45) is 17.3. The van der Waals surface area contributed by atoms with E-state index in [1.165, 1.54) is 133 Å². The third kappa shape index (κ3) is 4.90. The predicted molar refractivity (Wildman–Crippen MR) is 239 cm³/mol. The highest BCUT2D eigenvalue weighted by Crippen LogP contribution is 2.62. The van der Waals surface area contributed by atoms with Crippen molar-refractivity contribution >= 4 is 57.2 Å². The molecule has 0 radical (unpaired) electrons. The van der Waals surface area contributed by atoms with Crippen molar-refractivity contribution in [2.24, 2.45) is 35.5 Å². The molecule has 0 aromatic heterocycles. The summed E-state index contributed by atoms with van der Waals surface area (Å²) in [4.78, 5) is 5.31. The number of hydrogen-bond acceptors (Lipinski definition) is 2. The molecule has 0 unspecified atom stereocenters. The number of benzene rings is 5. The molecule has 0 saturated heterocycles. The number of nitrogens with zero attached hydrogens (tertiary/aromatic N) is 2. The molecule has 10 aliphatic rings. The Labute approximate surface area is 341 Å². The summed E-state index contributed by atoms with van der Waals surface area (Å²) in [6, 6.07) is 43.7. The minimum absolute atomic E-state index is 0.0168. The molecule has 8 bridgehead atoms. The van der Waals surface area contributed by atoms with Gasteiger partial charge in [-0.05, 0) is 210 Å². The van der Waals surface area contributed by atoms with E-state index in [-0.39, 0.29) is 12.1 Å². The van der Waals surface area contributed by atoms with E-state index in [1.54, 1.807) is 11.1 Å². The summed E-state index contributed by atoms with van der Waals surface area (Å²) < 4.78 is 0. The zero-order chi connectivity index (χ0) is 37.8. The normalized spacial score (nSPS) is 32.4. The van der Waals surface area contributed by atoms with Crippen LogP contribution in [0.5, 0.6) is 0 Å². The lowest BCUT2D eigenvalue weighted by Gasteiger charge is -2.57. The standard InChI is InChI=1S/C54H57BN2/c1-52(2,3)42-26-49-51-50(27-42)57(44-12-8-5-9-13-44)48-17-15-41(54-31-37-21-38(32-54)23-39(22-37)33-54)25-46(48)55(51)45-24-40(14-16-47(45)56(49)43-10-6-4-7-11-43)53-28-34-18-35(29-53)20-36(19-34)30-53/h4-17,24-27,34-39H,18-23,28-33H2,1-3H3. The maximum Gasteiger partial charge on any atom is 0.252 e. The molecule has 2 aliphatic heterocycles. The zero-order valence-electron chi connectivity index (χ0n) is 34.3. The van der Waals surface area contributed by atoms with E-state index < -0.39 is 0 Å². The van der Waals surface area contributed by atoms with Gasteiger partial charge in [-0.2, -0.15) is 0 Å². The number of anilines is 6. The number of para-hydroxylation sites is 2. The molecule has 3 heteroatoms. The second kappa shape index (κ2) is 11.7. The van der Waals surface area contributed by atoms with Gasteiger partial charge in [0.25, 0.3) is 6.71 Å². The first-order valence-corrected chi connectivity index (χ1v) is 22.9. The lowest BCUT2D eigenvalue weighted by Crippen LogP contribution is -2.62. The first-order valence-electron chi connectivity index (χ1n) is 22.9. The molecule has 8 saturated carbocycles. The van der Waals surface area contributed by atoms with Gasteiger partial charge >= 0.3 is 0 Å². The Morgan fingerprint density at radius 3 is 1.18 bits per heavy atom. The molecule has 5 aromatic carbocycles. The molecule has 286 valence electrons. The van der Waals surface area contributed by atoms with Gasteiger partial charge < -0.3 is 9.80 Å². The van der Waals surface area contributed by atoms with E-state index in [0.717, 1.165) is 35.5 Å². The summed E-state index contributed by atoms with van der Waals surface area (Å²) in [5.41, 5.74) is 17.9. The van der Waals surface area contributed by atoms with Crippen molar-refractivity contribution in [3.05, 3.63) is 126 Å². The highest BCUT2D eigenvalue weighted by molar-refractivity contribution is 7.00. The second-order valence-electron chi connectivity index (χ2n) is 21.9. The number of fused-ring (bicyclic) bond motifs is 4. The maximum atomic E-state index is 2.78. The predicted octanol–water partition coefficient (Wildman–Crippen LogP) is 12.0. The van der Waals surface area contributed by atoms with Crippen molar-refractivity contribution in [3.8, 4) is 0 Å². The Morgan fingerprint density at radius 1 is 0.456 bits per heavy atom. The van der Waals surface area contributed by atoms with Gasteiger partial charge in [0.2, 0.25) is 0 Å². The summed E-state index contributed by atoms with van der Waals surface area (Å²) >= 11 is 0. The average Bonchev–Trinajstić information content (AvgIpc) is 3.19. The smallest absolute Gasteiger partial charge is 0.252 e. The Hall–Kier alpha value is -4.24. The minimum atomic E-state index is -0.0168. The van der Waals surface area contributed by atoms with Crippen LogP contribution in [0.25, 0.3) is 0 Å². The Bertz CT molecular complexity index is 2210. The maximum absolute atomic E-state index is 2.78. The minimum Gasteiger partial charge on any atom is -0.311 e. The van der Waals surface area contributed by atoms with Gasteiger partial charge in [-0.1, -0.05) is 81.4 Å². The van der Waals surface area contributed by atoms with Gasteiger partial charge in [0.05, 0.1) is 0 Å². The summed E-state index contributed by atoms with van der Waals surface area (Å²) in [5, 5.41) is 0. The summed E-state index contributed by atoms with van der Waals surface area (Å²) in [7, 11) is 0. The van der Waals surface area contributed by atoms with Crippen molar-refractivity contribution in [1.29, 1.82) is 0 Å². The van der Waals surface area contributed by atoms with E-state index >= 15 is 0 Å². The van der Waals surface area contributed by atoms with Gasteiger partial charge in [-0.25, -0.2) is 0 Å². The number of hydrogen-bond donors (Lipinski definition) is 0. The molecular weight excluding hydrogens is 687 g/mol. The number of rotatable bonds is 4. The first-order chi connectivity index (χ1) is 27.7. The lowest BCUT2D eigenvalue weighted by atomic mass is 9.32. The highest BCUT2D eigenvalue weighted by atomic mass is 15.2. The van der Waals surface area contributed by atoms with Crippen molar-refractivity contribution < 1.29 is 0 Å². The largest absolute Gasteiger partial charge is 0.311 e. The fourth-order valence-electron chi connectivity index (χ4n) is 15.7. The van der Waals surface area contributed by atoms with E-state index in [1.807, 2.05) is 0 Å². The van der Waals surface area contributed by atoms with Crippen molar-refractivity contribution in [2.75, 3.05) is 9.80 Å². The molecular formula is C54H57BN2. The van der Waals surface area contributed by atoms with Crippen LogP contribution in [0.3, 0.4) is 0 Å². The van der Waals surface area contributed by atoms with Crippen LogP contribution >= 0.6 is 0 Å². The van der Waals surface area contributed by atoms with Crippen LogP contribution in [0, 0.1) is 35.5 Å². The molecule has 0 N–H and O–H groups in total. The molecule has 8 fully saturated rings. The van der Waals surface area contributed by atoms with Crippen molar-refractivity contribution in [1.82, 2.24) is 0 Å². The van der Waals surface area contributed by atoms with Crippen LogP contribution in [0.1, 0.15) is 115 Å². The van der Waals surface area contributed by atoms with Crippen LogP contribution in [0.2, 0.25) is 0 Å². The Morgan fingerprint density at radius 2 is 0.825 bits per heavy atom. The highest BCUT2D eigenvalue weighted by Gasteiger charge is 2.54. The third-order valence-corrected chi connectivity index (χ3v) is 17.3. The van der Waals surface area contributed by atoms with E-state index in [0.29, 0.717) is 10.8 Å². The quantitative estimate of drug-likeness (QED) is 0.166. The van der Waals surface area contributed by atoms with Crippen LogP contribution in [0.4, 0.5) is 34.1 Å². The van der Waals surface area contributed by atoms with Gasteiger partial charge in [0.1, 0.15) is 0 Å². The molecule has 15 rings (SSSR count). The van der Waals surface area contributed by atoms with Gasteiger partial charge in [0, 0.05) is 34.1 Å². The topological polar surface area (TPSA) is 6.48 Å². The first kappa shape index (κ1) is 33.7. The average molecular weight is 745 g/mol. The SMILES string of the molecule is CC(C)(C)c1cc2c3c(c1)N(c1ccccc1)c1ccc(C45CC6CC(CC(C6)C4)C5)cc1B3c1cc(C34CC5CC(CC(C5)C3)C4)ccc1N2c1ccccc1. The second-order valence-corrected chi connectivity index (χ2v) is 21.9. The summed E-state index contributed by atoms with van der Waals surface area (Å²) in [5.74, 6) is 5.55. The third-order valence-electron chi connectivity index (χ3n) is 17.3. The zero-order valence-corrected chi connectivity index (χ0v) is 34.3. The molecule has 57 heavy (non-hydrogen) atoms. The van der Waals surface area contributed by atoms with Crippen LogP contribution in [0.15, 0.2) is 109 Å². The summed E-state index contributed by atoms with van der Waals surface area (Å²) in [6.45, 7) is 7.35. The van der Waals surface area contributed by atoms with Gasteiger partial charge in [-0.3, -0.25) is 0 Å². The van der Waals surface area contributed by atoms with Gasteiger partial charge in [0.15, 0.2) is 0 Å². The monoisotopic (exact) mass is 744 g/mol. The Balaban J connectivity index is 1.09. The van der Waals surface area contributed by atoms with E-state index in [4.69, 9.17) is 0 Å². The van der Waals surface area contributed by atoms with Crippen LogP contribution in [-0.4, -0.2) is 6.71 Å². The Kier molecular flexibility index (Phi) is 6.92. The van der Waals surface area contributed by atoms with Crippen LogP contribution < -0.4 is 26.2 Å². The van der Waals surface area contributed by atoms with E-state index in [9.17, 15) is 0 Å². The molecule has 0 atom stereocenters. The molecule has 8 aliphatic carbocycles. The fourth-order valence-corrected chi connectivity index (χ4v) is 15.7. The van der Waals surface area contributed by atoms with Gasteiger partial charge in [-0.15, -0.1) is 0 Å².